The Morgan fingerprint density at radius 3 is 2.52 bits per heavy atom. The minimum Gasteiger partial charge on any atom is -0.490 e. The second-order valence-corrected chi connectivity index (χ2v) is 6.14. The molecule has 0 heterocycles. The molecule has 1 saturated carbocycles. The number of rotatable bonds is 6. The summed E-state index contributed by atoms with van der Waals surface area (Å²) in [6.07, 6.45) is 4.81. The lowest BCUT2D eigenvalue weighted by Crippen LogP contribution is -2.28. The lowest BCUT2D eigenvalue weighted by molar-refractivity contribution is 0.302. The van der Waals surface area contributed by atoms with Crippen LogP contribution in [-0.2, 0) is 0 Å². The third-order valence-corrected chi connectivity index (χ3v) is 4.38. The first-order chi connectivity index (χ1) is 10.3. The van der Waals surface area contributed by atoms with Gasteiger partial charge in [0.1, 0.15) is 5.75 Å². The van der Waals surface area contributed by atoms with Crippen LogP contribution in [0.25, 0.3) is 0 Å². The minimum absolute atomic E-state index is 0.0244. The predicted octanol–water partition coefficient (Wildman–Crippen LogP) is 3.50. The molecule has 110 valence electrons. The zero-order valence-corrected chi connectivity index (χ0v) is 12.9. The first-order valence-electron chi connectivity index (χ1n) is 7.17. The number of nitrogens with one attached hydrogen (secondary N) is 1. The van der Waals surface area contributed by atoms with E-state index in [2.05, 4.69) is 48.1 Å². The van der Waals surface area contributed by atoms with Crippen molar-refractivity contribution in [1.82, 2.24) is 5.43 Å². The summed E-state index contributed by atoms with van der Waals surface area (Å²) in [5.41, 5.74) is 5.18. The average molecular weight is 300 g/mol. The van der Waals surface area contributed by atoms with E-state index in [1.807, 2.05) is 12.1 Å². The predicted molar refractivity (Wildman–Crippen MR) is 87.5 cm³/mol. The first-order valence-corrected chi connectivity index (χ1v) is 8.39. The molecule has 0 saturated heterocycles. The molecule has 21 heavy (non-hydrogen) atoms. The molecule has 2 aromatic rings. The number of ether oxygens (including phenoxy) is 1. The van der Waals surface area contributed by atoms with Gasteiger partial charge < -0.3 is 4.74 Å². The van der Waals surface area contributed by atoms with Crippen molar-refractivity contribution in [3.05, 3.63) is 59.7 Å². The average Bonchev–Trinajstić information content (AvgIpc) is 3.33. The van der Waals surface area contributed by atoms with E-state index in [0.717, 1.165) is 16.9 Å². The van der Waals surface area contributed by atoms with E-state index in [-0.39, 0.29) is 6.04 Å². The van der Waals surface area contributed by atoms with Gasteiger partial charge in [0.15, 0.2) is 0 Å². The second kappa shape index (κ2) is 6.52. The third-order valence-electron chi connectivity index (χ3n) is 3.63. The van der Waals surface area contributed by atoms with Gasteiger partial charge in [0, 0.05) is 4.90 Å². The van der Waals surface area contributed by atoms with E-state index < -0.39 is 0 Å². The molecule has 1 unspecified atom stereocenters. The molecule has 0 aliphatic heterocycles. The van der Waals surface area contributed by atoms with Crippen molar-refractivity contribution in [3.8, 4) is 5.75 Å². The van der Waals surface area contributed by atoms with E-state index >= 15 is 0 Å². The summed E-state index contributed by atoms with van der Waals surface area (Å²) in [4.78, 5) is 1.25. The maximum atomic E-state index is 5.86. The summed E-state index contributed by atoms with van der Waals surface area (Å²) >= 11 is 1.74. The van der Waals surface area contributed by atoms with E-state index in [1.54, 1.807) is 11.8 Å². The highest BCUT2D eigenvalue weighted by molar-refractivity contribution is 7.98. The normalized spacial score (nSPS) is 15.7. The van der Waals surface area contributed by atoms with E-state index in [0.29, 0.717) is 6.10 Å². The van der Waals surface area contributed by atoms with Crippen LogP contribution in [0, 0.1) is 0 Å². The first kappa shape index (κ1) is 14.4. The van der Waals surface area contributed by atoms with Gasteiger partial charge in [-0.25, -0.2) is 5.43 Å². The summed E-state index contributed by atoms with van der Waals surface area (Å²) in [5.74, 6) is 6.70. The Morgan fingerprint density at radius 2 is 1.90 bits per heavy atom. The zero-order valence-electron chi connectivity index (χ0n) is 12.1. The quantitative estimate of drug-likeness (QED) is 0.487. The standard InChI is InChI=1S/C17H20N2OS/c1-21-16-9-5-12(6-10-16)17(19-18)13-3-2-4-15(11-13)20-14-7-8-14/h2-6,9-11,14,17,19H,7-8,18H2,1H3. The van der Waals surface area contributed by atoms with Crippen LogP contribution < -0.4 is 16.0 Å². The number of hydrogen-bond acceptors (Lipinski definition) is 4. The van der Waals surface area contributed by atoms with Crippen LogP contribution in [0.5, 0.6) is 5.75 Å². The van der Waals surface area contributed by atoms with Gasteiger partial charge in [-0.3, -0.25) is 5.84 Å². The van der Waals surface area contributed by atoms with Gasteiger partial charge in [-0.05, 0) is 54.5 Å². The molecule has 0 amide bonds. The van der Waals surface area contributed by atoms with Crippen LogP contribution in [0.2, 0.25) is 0 Å². The number of hydrazine groups is 1. The van der Waals surface area contributed by atoms with Gasteiger partial charge in [-0.15, -0.1) is 11.8 Å². The van der Waals surface area contributed by atoms with Crippen molar-refractivity contribution in [1.29, 1.82) is 0 Å². The molecule has 0 spiro atoms. The molecule has 0 radical (unpaired) electrons. The van der Waals surface area contributed by atoms with Crippen LogP contribution in [-0.4, -0.2) is 12.4 Å². The Hall–Kier alpha value is -1.49. The molecule has 1 fully saturated rings. The maximum absolute atomic E-state index is 5.86. The smallest absolute Gasteiger partial charge is 0.120 e. The molecule has 2 aromatic carbocycles. The second-order valence-electron chi connectivity index (χ2n) is 5.26. The van der Waals surface area contributed by atoms with Crippen LogP contribution in [0.15, 0.2) is 53.4 Å². The summed E-state index contributed by atoms with van der Waals surface area (Å²) in [7, 11) is 0. The molecule has 0 bridgehead atoms. The van der Waals surface area contributed by atoms with Crippen LogP contribution >= 0.6 is 11.8 Å². The van der Waals surface area contributed by atoms with Crippen LogP contribution in [0.4, 0.5) is 0 Å². The van der Waals surface area contributed by atoms with Crippen molar-refractivity contribution in [2.75, 3.05) is 6.26 Å². The maximum Gasteiger partial charge on any atom is 0.120 e. The highest BCUT2D eigenvalue weighted by Crippen LogP contribution is 2.30. The Balaban J connectivity index is 1.83. The number of benzene rings is 2. The number of thioether (sulfide) groups is 1. The van der Waals surface area contributed by atoms with Gasteiger partial charge in [0.05, 0.1) is 12.1 Å². The Kier molecular flexibility index (Phi) is 4.48. The van der Waals surface area contributed by atoms with Crippen molar-refractivity contribution >= 4 is 11.8 Å². The van der Waals surface area contributed by atoms with Crippen molar-refractivity contribution in [3.63, 3.8) is 0 Å². The molecule has 1 aliphatic carbocycles. The van der Waals surface area contributed by atoms with Crippen LogP contribution in [0.3, 0.4) is 0 Å². The van der Waals surface area contributed by atoms with Crippen molar-refractivity contribution < 1.29 is 4.74 Å². The lowest BCUT2D eigenvalue weighted by Gasteiger charge is -2.18. The van der Waals surface area contributed by atoms with Gasteiger partial charge in [-0.2, -0.15) is 0 Å². The highest BCUT2D eigenvalue weighted by atomic mass is 32.2. The Labute approximate surface area is 129 Å². The van der Waals surface area contributed by atoms with Gasteiger partial charge in [-0.1, -0.05) is 24.3 Å². The summed E-state index contributed by atoms with van der Waals surface area (Å²) in [6.45, 7) is 0. The Bertz CT molecular complexity index is 596. The van der Waals surface area contributed by atoms with Gasteiger partial charge in [0.2, 0.25) is 0 Å². The summed E-state index contributed by atoms with van der Waals surface area (Å²) < 4.78 is 5.86. The largest absolute Gasteiger partial charge is 0.490 e. The molecule has 4 heteroatoms. The minimum atomic E-state index is -0.0244. The highest BCUT2D eigenvalue weighted by Gasteiger charge is 2.23. The zero-order chi connectivity index (χ0) is 14.7. The van der Waals surface area contributed by atoms with Crippen LogP contribution in [0.1, 0.15) is 30.0 Å². The molecule has 3 nitrogen and oxygen atoms in total. The molecular formula is C17H20N2OS. The van der Waals surface area contributed by atoms with E-state index in [1.165, 1.54) is 17.7 Å². The summed E-state index contributed by atoms with van der Waals surface area (Å²) in [5, 5.41) is 0. The number of hydrogen-bond donors (Lipinski definition) is 2. The third kappa shape index (κ3) is 3.59. The van der Waals surface area contributed by atoms with Gasteiger partial charge in [0.25, 0.3) is 0 Å². The molecule has 3 N–H and O–H groups in total. The summed E-state index contributed by atoms with van der Waals surface area (Å²) in [6, 6.07) is 16.6. The molecule has 3 rings (SSSR count). The van der Waals surface area contributed by atoms with Gasteiger partial charge >= 0.3 is 0 Å². The van der Waals surface area contributed by atoms with E-state index in [9.17, 15) is 0 Å². The topological polar surface area (TPSA) is 47.3 Å². The molecule has 0 aromatic heterocycles. The fraction of sp³-hybridized carbons (Fsp3) is 0.294. The molecule has 1 aliphatic rings. The van der Waals surface area contributed by atoms with Crippen molar-refractivity contribution in [2.24, 2.45) is 5.84 Å². The lowest BCUT2D eigenvalue weighted by atomic mass is 9.99. The number of nitrogens with two attached hydrogens (primary N) is 1. The SMILES string of the molecule is CSc1ccc(C(NN)c2cccc(OC3CC3)c2)cc1. The monoisotopic (exact) mass is 300 g/mol. The fourth-order valence-corrected chi connectivity index (χ4v) is 2.74. The van der Waals surface area contributed by atoms with Crippen molar-refractivity contribution in [2.45, 2.75) is 29.9 Å². The fourth-order valence-electron chi connectivity index (χ4n) is 2.33. The Morgan fingerprint density at radius 1 is 1.14 bits per heavy atom. The van der Waals surface area contributed by atoms with E-state index in [4.69, 9.17) is 10.6 Å². The molecular weight excluding hydrogens is 280 g/mol. The molecule has 1 atom stereocenters.